The largest absolute Gasteiger partial charge is 0.427 e. The maximum Gasteiger partial charge on any atom is 0.320 e. The SMILES string of the molecule is C=C1C(=O)C([N+](=O)CC)=CC(CC)=C1CC.O=C1CC(=O)OCO1. The number of rotatable bonds is 4. The quantitative estimate of drug-likeness (QED) is 0.339. The molecule has 1 aliphatic carbocycles. The number of ketones is 1. The molecule has 24 heavy (non-hydrogen) atoms. The number of hydrogen-bond acceptors (Lipinski definition) is 6. The van der Waals surface area contributed by atoms with Crippen LogP contribution in [0.15, 0.2) is 35.1 Å². The molecule has 130 valence electrons. The van der Waals surface area contributed by atoms with Crippen molar-refractivity contribution in [3.8, 4) is 0 Å². The van der Waals surface area contributed by atoms with Gasteiger partial charge in [-0.1, -0.05) is 20.4 Å². The minimum Gasteiger partial charge on any atom is -0.427 e. The predicted octanol–water partition coefficient (Wildman–Crippen LogP) is 2.36. The maximum absolute atomic E-state index is 11.9. The van der Waals surface area contributed by atoms with Crippen molar-refractivity contribution >= 4 is 17.7 Å². The number of cyclic esters (lactones) is 2. The summed E-state index contributed by atoms with van der Waals surface area (Å²) in [6.07, 6.45) is 3.06. The van der Waals surface area contributed by atoms with Crippen LogP contribution in [0.2, 0.25) is 0 Å². The first-order valence-electron chi connectivity index (χ1n) is 7.79. The molecule has 0 spiro atoms. The van der Waals surface area contributed by atoms with E-state index in [1.165, 1.54) is 0 Å². The van der Waals surface area contributed by atoms with Gasteiger partial charge >= 0.3 is 17.6 Å². The van der Waals surface area contributed by atoms with Gasteiger partial charge in [-0.3, -0.25) is 14.4 Å². The van der Waals surface area contributed by atoms with Crippen LogP contribution in [0, 0.1) is 4.91 Å². The molecule has 0 saturated carbocycles. The van der Waals surface area contributed by atoms with Crippen LogP contribution >= 0.6 is 0 Å². The number of ether oxygens (including phenoxy) is 2. The van der Waals surface area contributed by atoms with Gasteiger partial charge in [0.2, 0.25) is 6.79 Å². The van der Waals surface area contributed by atoms with E-state index >= 15 is 0 Å². The molecule has 0 aromatic carbocycles. The van der Waals surface area contributed by atoms with Crippen molar-refractivity contribution in [2.45, 2.75) is 40.0 Å². The lowest BCUT2D eigenvalue weighted by Gasteiger charge is -2.15. The van der Waals surface area contributed by atoms with E-state index in [2.05, 4.69) is 16.1 Å². The Bertz CT molecular complexity index is 627. The molecular weight excluding hydrogens is 314 g/mol. The van der Waals surface area contributed by atoms with Gasteiger partial charge in [0.25, 0.3) is 5.78 Å². The van der Waals surface area contributed by atoms with E-state index in [1.807, 2.05) is 13.8 Å². The molecule has 1 fully saturated rings. The Balaban J connectivity index is 0.000000300. The summed E-state index contributed by atoms with van der Waals surface area (Å²) < 4.78 is 9.26. The highest BCUT2D eigenvalue weighted by Gasteiger charge is 2.32. The summed E-state index contributed by atoms with van der Waals surface area (Å²) in [4.78, 5) is 43.8. The number of allylic oxidation sites excluding steroid dienone is 4. The molecule has 0 unspecified atom stereocenters. The van der Waals surface area contributed by atoms with Crippen molar-refractivity contribution in [2.24, 2.45) is 0 Å². The first-order valence-corrected chi connectivity index (χ1v) is 7.79. The second-order valence-corrected chi connectivity index (χ2v) is 5.07. The molecule has 2 aliphatic rings. The molecule has 2 rings (SSSR count). The van der Waals surface area contributed by atoms with Crippen LogP contribution < -0.4 is 0 Å². The van der Waals surface area contributed by atoms with Gasteiger partial charge in [0.15, 0.2) is 6.54 Å². The topological polar surface area (TPSA) is 89.8 Å². The summed E-state index contributed by atoms with van der Waals surface area (Å²) in [6, 6.07) is 0. The molecular formula is C17H22NO6+. The lowest BCUT2D eigenvalue weighted by atomic mass is 9.87. The van der Waals surface area contributed by atoms with Crippen LogP contribution in [0.4, 0.5) is 0 Å². The fourth-order valence-corrected chi connectivity index (χ4v) is 2.30. The van der Waals surface area contributed by atoms with Crippen molar-refractivity contribution in [3.63, 3.8) is 0 Å². The third-order valence-electron chi connectivity index (χ3n) is 3.59. The molecule has 0 N–H and O–H groups in total. The number of likely N-dealkylation sites (N-methyl/N-ethyl adjacent to an activating group) is 1. The van der Waals surface area contributed by atoms with Crippen LogP contribution in [0.3, 0.4) is 0 Å². The van der Waals surface area contributed by atoms with E-state index in [9.17, 15) is 19.3 Å². The van der Waals surface area contributed by atoms with Crippen LogP contribution in [-0.2, 0) is 23.9 Å². The molecule has 7 heteroatoms. The highest BCUT2D eigenvalue weighted by Crippen LogP contribution is 2.29. The Labute approximate surface area is 140 Å². The number of esters is 2. The van der Waals surface area contributed by atoms with E-state index in [0.717, 1.165) is 28.7 Å². The van der Waals surface area contributed by atoms with Crippen molar-refractivity contribution in [1.29, 1.82) is 0 Å². The first kappa shape index (κ1) is 19.5. The zero-order chi connectivity index (χ0) is 18.3. The number of nitroso groups, excluding NO2 is 1. The van der Waals surface area contributed by atoms with Gasteiger partial charge in [-0.05, 0) is 30.9 Å². The number of carbonyl (C=O) groups is 3. The predicted molar refractivity (Wildman–Crippen MR) is 85.7 cm³/mol. The van der Waals surface area contributed by atoms with Crippen molar-refractivity contribution in [3.05, 3.63) is 40.0 Å². The molecule has 1 heterocycles. The average Bonchev–Trinajstić information content (AvgIpc) is 2.56. The molecule has 0 aromatic rings. The minimum atomic E-state index is -0.513. The zero-order valence-electron chi connectivity index (χ0n) is 14.2. The van der Waals surface area contributed by atoms with Gasteiger partial charge in [0.1, 0.15) is 6.42 Å². The Morgan fingerprint density at radius 2 is 1.67 bits per heavy atom. The highest BCUT2D eigenvalue weighted by molar-refractivity contribution is 6.11. The van der Waals surface area contributed by atoms with Gasteiger partial charge in [0, 0.05) is 21.3 Å². The summed E-state index contributed by atoms with van der Waals surface area (Å²) in [5, 5.41) is 0. The molecule has 1 saturated heterocycles. The second kappa shape index (κ2) is 8.90. The van der Waals surface area contributed by atoms with Gasteiger partial charge < -0.3 is 9.47 Å². The summed E-state index contributed by atoms with van der Waals surface area (Å²) in [6.45, 7) is 9.60. The smallest absolute Gasteiger partial charge is 0.320 e. The third-order valence-corrected chi connectivity index (χ3v) is 3.59. The summed E-state index contributed by atoms with van der Waals surface area (Å²) in [5.41, 5.74) is 2.74. The van der Waals surface area contributed by atoms with Crippen molar-refractivity contribution in [1.82, 2.24) is 0 Å². The molecule has 0 amide bonds. The number of carbonyl (C=O) groups excluding carboxylic acids is 3. The van der Waals surface area contributed by atoms with Crippen molar-refractivity contribution < 1.29 is 28.6 Å². The standard InChI is InChI=1S/C13H18NO2.C4H4O4/c1-5-10-8-12(14(16)7-3)13(15)9(4)11(10)6-2;5-3-1-4(6)8-2-7-3/h8H,4-7H2,1-3H3;1-2H2/q+1;. The van der Waals surface area contributed by atoms with Gasteiger partial charge in [-0.25, -0.2) is 0 Å². The average molecular weight is 336 g/mol. The molecule has 0 atom stereocenters. The highest BCUT2D eigenvalue weighted by atomic mass is 16.7. The second-order valence-electron chi connectivity index (χ2n) is 5.07. The van der Waals surface area contributed by atoms with Crippen LogP contribution in [0.25, 0.3) is 0 Å². The Morgan fingerprint density at radius 3 is 2.04 bits per heavy atom. The molecule has 0 bridgehead atoms. The van der Waals surface area contributed by atoms with Gasteiger partial charge in [-0.15, -0.1) is 0 Å². The fraction of sp³-hybridized carbons (Fsp3) is 0.471. The monoisotopic (exact) mass is 336 g/mol. The number of Topliss-reactive ketones (excluding diaryl/α,β-unsaturated/α-hetero) is 1. The lowest BCUT2D eigenvalue weighted by molar-refractivity contribution is -0.488. The van der Waals surface area contributed by atoms with E-state index in [1.54, 1.807) is 13.0 Å². The maximum atomic E-state index is 11.9. The molecule has 0 radical (unpaired) electrons. The Morgan fingerprint density at radius 1 is 1.08 bits per heavy atom. The van der Waals surface area contributed by atoms with E-state index < -0.39 is 11.9 Å². The Hall–Kier alpha value is -2.57. The van der Waals surface area contributed by atoms with E-state index in [-0.39, 0.29) is 31.2 Å². The summed E-state index contributed by atoms with van der Waals surface area (Å²) in [5.74, 6) is -1.26. The molecule has 1 aliphatic heterocycles. The first-order chi connectivity index (χ1) is 11.3. The van der Waals surface area contributed by atoms with Crippen LogP contribution in [0.1, 0.15) is 40.0 Å². The molecule has 0 aromatic heterocycles. The Kier molecular flexibility index (Phi) is 7.23. The number of nitrogens with zero attached hydrogens (tertiary/aromatic N) is 1. The summed E-state index contributed by atoms with van der Waals surface area (Å²) in [7, 11) is 0. The van der Waals surface area contributed by atoms with Crippen LogP contribution in [-0.4, -0.2) is 35.8 Å². The van der Waals surface area contributed by atoms with Gasteiger partial charge in [-0.2, -0.15) is 0 Å². The minimum absolute atomic E-state index is 0.224. The zero-order valence-corrected chi connectivity index (χ0v) is 14.2. The van der Waals surface area contributed by atoms with Crippen molar-refractivity contribution in [2.75, 3.05) is 13.3 Å². The third kappa shape index (κ3) is 4.71. The van der Waals surface area contributed by atoms with Crippen LogP contribution in [0.5, 0.6) is 0 Å². The van der Waals surface area contributed by atoms with Gasteiger partial charge in [0.05, 0.1) is 0 Å². The fourth-order valence-electron chi connectivity index (χ4n) is 2.30. The normalized spacial score (nSPS) is 17.5. The number of hydrogen-bond donors (Lipinski definition) is 0. The lowest BCUT2D eigenvalue weighted by Crippen LogP contribution is -2.22. The van der Waals surface area contributed by atoms with E-state index in [4.69, 9.17) is 0 Å². The molecule has 7 nitrogen and oxygen atoms in total. The summed E-state index contributed by atoms with van der Waals surface area (Å²) >= 11 is 0. The van der Waals surface area contributed by atoms with E-state index in [0.29, 0.717) is 5.57 Å².